The fourth-order valence-corrected chi connectivity index (χ4v) is 5.42. The van der Waals surface area contributed by atoms with Gasteiger partial charge < -0.3 is 0 Å². The number of allylic oxidation sites excluding steroid dienone is 1. The highest BCUT2D eigenvalue weighted by Gasteiger charge is 2.41. The van der Waals surface area contributed by atoms with Gasteiger partial charge in [-0.15, -0.1) is 0 Å². The summed E-state index contributed by atoms with van der Waals surface area (Å²) >= 11 is 0. The molecule has 2 saturated carbocycles. The highest BCUT2D eigenvalue weighted by molar-refractivity contribution is 5.08. The van der Waals surface area contributed by atoms with Crippen molar-refractivity contribution in [1.29, 1.82) is 0 Å². The molecule has 21 heavy (non-hydrogen) atoms. The first-order valence-corrected chi connectivity index (χ1v) is 9.72. The Balaban J connectivity index is 2.15. The van der Waals surface area contributed by atoms with Gasteiger partial charge in [-0.3, -0.25) is 0 Å². The zero-order chi connectivity index (χ0) is 15.4. The van der Waals surface area contributed by atoms with Gasteiger partial charge in [-0.2, -0.15) is 0 Å². The molecule has 0 heteroatoms. The first-order valence-electron chi connectivity index (χ1n) is 9.72. The molecule has 0 radical (unpaired) electrons. The van der Waals surface area contributed by atoms with Gasteiger partial charge in [-0.25, -0.2) is 0 Å². The Hall–Kier alpha value is -0.260. The van der Waals surface area contributed by atoms with Crippen LogP contribution in [0.3, 0.4) is 0 Å². The monoisotopic (exact) mass is 290 g/mol. The van der Waals surface area contributed by atoms with Gasteiger partial charge in [0.2, 0.25) is 0 Å². The molecule has 2 aliphatic carbocycles. The molecule has 0 nitrogen and oxygen atoms in total. The minimum atomic E-state index is 0.822. The molecule has 0 saturated heterocycles. The molecule has 0 aromatic heterocycles. The zero-order valence-corrected chi connectivity index (χ0v) is 15.0. The molecule has 2 fully saturated rings. The van der Waals surface area contributed by atoms with Crippen LogP contribution in [0.5, 0.6) is 0 Å². The van der Waals surface area contributed by atoms with Gasteiger partial charge in [0.15, 0.2) is 0 Å². The van der Waals surface area contributed by atoms with E-state index >= 15 is 0 Å². The van der Waals surface area contributed by atoms with Crippen molar-refractivity contribution in [3.8, 4) is 0 Å². The average molecular weight is 291 g/mol. The van der Waals surface area contributed by atoms with E-state index in [4.69, 9.17) is 0 Å². The van der Waals surface area contributed by atoms with Crippen LogP contribution in [0.4, 0.5) is 0 Å². The molecule has 0 aliphatic heterocycles. The lowest BCUT2D eigenvalue weighted by Crippen LogP contribution is -2.38. The van der Waals surface area contributed by atoms with Crippen molar-refractivity contribution in [2.75, 3.05) is 0 Å². The Labute approximate surface area is 133 Å². The second-order valence-electron chi connectivity index (χ2n) is 8.45. The minimum Gasteiger partial charge on any atom is -0.0996 e. The van der Waals surface area contributed by atoms with Gasteiger partial charge >= 0.3 is 0 Å². The van der Waals surface area contributed by atoms with Crippen molar-refractivity contribution in [2.45, 2.75) is 85.5 Å². The second kappa shape index (κ2) is 7.84. The van der Waals surface area contributed by atoms with Crippen LogP contribution in [0.15, 0.2) is 12.2 Å². The SMILES string of the molecule is C=C(CCC)C1C(C)CC(C(C)C)CC1C1CCCCC1. The van der Waals surface area contributed by atoms with Crippen LogP contribution in [-0.2, 0) is 0 Å². The lowest BCUT2D eigenvalue weighted by atomic mass is 9.58. The van der Waals surface area contributed by atoms with Gasteiger partial charge in [-0.05, 0) is 54.8 Å². The first-order chi connectivity index (χ1) is 10.0. The van der Waals surface area contributed by atoms with Gasteiger partial charge in [-0.1, -0.05) is 78.4 Å². The summed E-state index contributed by atoms with van der Waals surface area (Å²) in [5, 5.41) is 0. The molecule has 2 aliphatic rings. The lowest BCUT2D eigenvalue weighted by molar-refractivity contribution is 0.0565. The largest absolute Gasteiger partial charge is 0.0996 e. The van der Waals surface area contributed by atoms with Crippen molar-refractivity contribution in [1.82, 2.24) is 0 Å². The first kappa shape index (κ1) is 17.1. The lowest BCUT2D eigenvalue weighted by Gasteiger charge is -2.47. The van der Waals surface area contributed by atoms with Crippen molar-refractivity contribution < 1.29 is 0 Å². The highest BCUT2D eigenvalue weighted by Crippen LogP contribution is 2.50. The Morgan fingerprint density at radius 2 is 1.76 bits per heavy atom. The summed E-state index contributed by atoms with van der Waals surface area (Å²) in [5.41, 5.74) is 1.59. The molecule has 4 atom stereocenters. The van der Waals surface area contributed by atoms with E-state index in [1.807, 2.05) is 0 Å². The molecular weight excluding hydrogens is 252 g/mol. The van der Waals surface area contributed by atoms with E-state index in [0.29, 0.717) is 0 Å². The molecule has 0 heterocycles. The zero-order valence-electron chi connectivity index (χ0n) is 15.0. The number of rotatable bonds is 5. The van der Waals surface area contributed by atoms with Crippen LogP contribution >= 0.6 is 0 Å². The third-order valence-corrected chi connectivity index (χ3v) is 6.56. The predicted molar refractivity (Wildman–Crippen MR) is 94.3 cm³/mol. The smallest absolute Gasteiger partial charge is 0.0149 e. The van der Waals surface area contributed by atoms with Crippen molar-refractivity contribution in [3.05, 3.63) is 12.2 Å². The maximum Gasteiger partial charge on any atom is -0.0149 e. The van der Waals surface area contributed by atoms with Crippen LogP contribution in [-0.4, -0.2) is 0 Å². The van der Waals surface area contributed by atoms with Crippen LogP contribution in [0.25, 0.3) is 0 Å². The van der Waals surface area contributed by atoms with Crippen LogP contribution in [0.2, 0.25) is 0 Å². The molecule has 0 bridgehead atoms. The normalized spacial score (nSPS) is 35.1. The summed E-state index contributed by atoms with van der Waals surface area (Å²) in [5.74, 6) is 5.44. The second-order valence-corrected chi connectivity index (χ2v) is 8.45. The summed E-state index contributed by atoms with van der Waals surface area (Å²) in [6, 6.07) is 0. The van der Waals surface area contributed by atoms with E-state index in [9.17, 15) is 0 Å². The Bertz CT molecular complexity index is 321. The molecule has 0 aromatic carbocycles. The van der Waals surface area contributed by atoms with Crippen molar-refractivity contribution >= 4 is 0 Å². The quantitative estimate of drug-likeness (QED) is 0.485. The standard InChI is InChI=1S/C21H38/c1-6-10-16(4)21-17(5)13-19(15(2)3)14-20(21)18-11-8-7-9-12-18/h15,17-21H,4,6-14H2,1-3,5H3. The molecule has 0 aromatic rings. The van der Waals surface area contributed by atoms with Crippen LogP contribution < -0.4 is 0 Å². The van der Waals surface area contributed by atoms with E-state index in [2.05, 4.69) is 34.3 Å². The summed E-state index contributed by atoms with van der Waals surface area (Å²) in [7, 11) is 0. The molecule has 0 amide bonds. The van der Waals surface area contributed by atoms with Gasteiger partial charge in [0.05, 0.1) is 0 Å². The maximum atomic E-state index is 4.53. The summed E-state index contributed by atoms with van der Waals surface area (Å²) in [4.78, 5) is 0. The van der Waals surface area contributed by atoms with E-state index in [1.165, 1.54) is 57.8 Å². The Kier molecular flexibility index (Phi) is 6.38. The summed E-state index contributed by atoms with van der Waals surface area (Å²) in [6.07, 6.45) is 12.9. The molecule has 4 unspecified atom stereocenters. The number of hydrogen-bond donors (Lipinski definition) is 0. The topological polar surface area (TPSA) is 0 Å². The van der Waals surface area contributed by atoms with Crippen molar-refractivity contribution in [3.63, 3.8) is 0 Å². The number of hydrogen-bond acceptors (Lipinski definition) is 0. The maximum absolute atomic E-state index is 4.53. The van der Waals surface area contributed by atoms with Crippen LogP contribution in [0, 0.1) is 35.5 Å². The summed E-state index contributed by atoms with van der Waals surface area (Å²) < 4.78 is 0. The average Bonchev–Trinajstić information content (AvgIpc) is 2.47. The molecular formula is C21H38. The third kappa shape index (κ3) is 4.14. The molecule has 122 valence electrons. The van der Waals surface area contributed by atoms with E-state index < -0.39 is 0 Å². The van der Waals surface area contributed by atoms with E-state index in [1.54, 1.807) is 5.57 Å². The fraction of sp³-hybridized carbons (Fsp3) is 0.905. The van der Waals surface area contributed by atoms with Gasteiger partial charge in [0.25, 0.3) is 0 Å². The highest BCUT2D eigenvalue weighted by atomic mass is 14.5. The van der Waals surface area contributed by atoms with E-state index in [0.717, 1.165) is 35.5 Å². The predicted octanol–water partition coefficient (Wildman–Crippen LogP) is 6.86. The van der Waals surface area contributed by atoms with Gasteiger partial charge in [0, 0.05) is 0 Å². The Morgan fingerprint density at radius 3 is 2.33 bits per heavy atom. The van der Waals surface area contributed by atoms with Crippen molar-refractivity contribution in [2.24, 2.45) is 35.5 Å². The van der Waals surface area contributed by atoms with E-state index in [-0.39, 0.29) is 0 Å². The molecule has 0 spiro atoms. The molecule has 0 N–H and O–H groups in total. The Morgan fingerprint density at radius 1 is 1.10 bits per heavy atom. The van der Waals surface area contributed by atoms with Gasteiger partial charge in [0.1, 0.15) is 0 Å². The summed E-state index contributed by atoms with van der Waals surface area (Å²) in [6.45, 7) is 14.2. The minimum absolute atomic E-state index is 0.822. The molecule has 2 rings (SSSR count). The third-order valence-electron chi connectivity index (χ3n) is 6.56. The fourth-order valence-electron chi connectivity index (χ4n) is 5.42. The van der Waals surface area contributed by atoms with Crippen LogP contribution in [0.1, 0.15) is 85.5 Å².